The molecule has 1 aromatic heterocycles. The van der Waals surface area contributed by atoms with Crippen molar-refractivity contribution in [2.45, 2.75) is 19.9 Å². The molecule has 1 heterocycles. The van der Waals surface area contributed by atoms with E-state index in [9.17, 15) is 0 Å². The van der Waals surface area contributed by atoms with Gasteiger partial charge in [-0.05, 0) is 50.2 Å². The minimum Gasteiger partial charge on any atom is -0.439 e. The van der Waals surface area contributed by atoms with E-state index in [2.05, 4.69) is 17.2 Å². The first-order valence-electron chi connectivity index (χ1n) is 6.17. The maximum atomic E-state index is 5.98. The van der Waals surface area contributed by atoms with Gasteiger partial charge >= 0.3 is 0 Å². The van der Waals surface area contributed by atoms with Crippen LogP contribution in [0.4, 0.5) is 0 Å². The molecule has 0 aliphatic heterocycles. The second kappa shape index (κ2) is 6.04. The van der Waals surface area contributed by atoms with Crippen molar-refractivity contribution in [1.82, 2.24) is 10.3 Å². The number of hydrogen-bond acceptors (Lipinski definition) is 3. The van der Waals surface area contributed by atoms with E-state index in [-0.39, 0.29) is 6.04 Å². The van der Waals surface area contributed by atoms with Gasteiger partial charge in [0.1, 0.15) is 5.75 Å². The van der Waals surface area contributed by atoms with Crippen LogP contribution in [0.25, 0.3) is 0 Å². The number of ether oxygens (including phenoxy) is 1. The number of pyridine rings is 1. The van der Waals surface area contributed by atoms with Crippen molar-refractivity contribution in [3.05, 3.63) is 52.7 Å². The predicted octanol–water partition coefficient (Wildman–Crippen LogP) is 4.12. The number of rotatable bonds is 4. The number of nitrogens with zero attached hydrogens (tertiary/aromatic N) is 1. The lowest BCUT2D eigenvalue weighted by molar-refractivity contribution is 0.461. The zero-order valence-electron chi connectivity index (χ0n) is 11.3. The highest BCUT2D eigenvalue weighted by Gasteiger charge is 2.05. The van der Waals surface area contributed by atoms with Crippen molar-refractivity contribution in [3.63, 3.8) is 0 Å². The van der Waals surface area contributed by atoms with E-state index in [0.29, 0.717) is 5.88 Å². The molecular formula is C15H17ClN2O. The molecule has 1 unspecified atom stereocenters. The van der Waals surface area contributed by atoms with Crippen LogP contribution in [0.15, 0.2) is 36.5 Å². The number of nitrogens with one attached hydrogen (secondary N) is 1. The largest absolute Gasteiger partial charge is 0.439 e. The van der Waals surface area contributed by atoms with Crippen LogP contribution in [-0.2, 0) is 0 Å². The molecule has 0 amide bonds. The van der Waals surface area contributed by atoms with Crippen molar-refractivity contribution < 1.29 is 4.74 Å². The Bertz CT molecular complexity index is 555. The maximum absolute atomic E-state index is 5.98. The molecule has 0 saturated heterocycles. The van der Waals surface area contributed by atoms with Gasteiger partial charge < -0.3 is 10.1 Å². The van der Waals surface area contributed by atoms with Crippen LogP contribution in [0.3, 0.4) is 0 Å². The van der Waals surface area contributed by atoms with E-state index in [1.54, 1.807) is 0 Å². The summed E-state index contributed by atoms with van der Waals surface area (Å²) in [5.41, 5.74) is 2.11. The van der Waals surface area contributed by atoms with E-state index >= 15 is 0 Å². The molecule has 100 valence electrons. The minimum absolute atomic E-state index is 0.277. The molecule has 2 rings (SSSR count). The first kappa shape index (κ1) is 13.8. The van der Waals surface area contributed by atoms with Crippen LogP contribution in [0, 0.1) is 6.92 Å². The number of benzene rings is 1. The zero-order chi connectivity index (χ0) is 13.8. The Morgan fingerprint density at radius 3 is 2.63 bits per heavy atom. The Morgan fingerprint density at radius 1 is 1.26 bits per heavy atom. The summed E-state index contributed by atoms with van der Waals surface area (Å²) < 4.78 is 5.69. The summed E-state index contributed by atoms with van der Waals surface area (Å²) in [6, 6.07) is 9.71. The van der Waals surface area contributed by atoms with Gasteiger partial charge in [0.25, 0.3) is 0 Å². The van der Waals surface area contributed by atoms with Gasteiger partial charge in [0, 0.05) is 23.3 Å². The predicted molar refractivity (Wildman–Crippen MR) is 78.0 cm³/mol. The Balaban J connectivity index is 2.12. The van der Waals surface area contributed by atoms with Crippen LogP contribution >= 0.6 is 11.6 Å². The fourth-order valence-electron chi connectivity index (χ4n) is 1.68. The van der Waals surface area contributed by atoms with Gasteiger partial charge in [-0.3, -0.25) is 0 Å². The summed E-state index contributed by atoms with van der Waals surface area (Å²) in [7, 11) is 1.92. The van der Waals surface area contributed by atoms with Crippen LogP contribution in [0.5, 0.6) is 11.6 Å². The van der Waals surface area contributed by atoms with Gasteiger partial charge in [-0.1, -0.05) is 17.7 Å². The van der Waals surface area contributed by atoms with E-state index in [1.807, 2.05) is 50.5 Å². The third kappa shape index (κ3) is 3.46. The third-order valence-electron chi connectivity index (χ3n) is 3.04. The first-order chi connectivity index (χ1) is 9.10. The molecule has 1 N–H and O–H groups in total. The topological polar surface area (TPSA) is 34.1 Å². The molecule has 0 spiro atoms. The number of aromatic nitrogens is 1. The standard InChI is InChI=1S/C15H17ClN2O/c1-10-8-13(5-6-14(10)16)19-15-7-4-12(9-18-15)11(2)17-3/h4-9,11,17H,1-3H3. The van der Waals surface area contributed by atoms with Gasteiger partial charge in [0.2, 0.25) is 5.88 Å². The quantitative estimate of drug-likeness (QED) is 0.912. The molecule has 0 fully saturated rings. The van der Waals surface area contributed by atoms with Crippen LogP contribution in [0.1, 0.15) is 24.1 Å². The van der Waals surface area contributed by atoms with Crippen molar-refractivity contribution in [1.29, 1.82) is 0 Å². The molecule has 0 aliphatic rings. The maximum Gasteiger partial charge on any atom is 0.219 e. The Labute approximate surface area is 118 Å². The number of aryl methyl sites for hydroxylation is 1. The third-order valence-corrected chi connectivity index (χ3v) is 3.47. The average Bonchev–Trinajstić information content (AvgIpc) is 2.43. The van der Waals surface area contributed by atoms with Gasteiger partial charge in [0.05, 0.1) is 0 Å². The Kier molecular flexibility index (Phi) is 4.40. The van der Waals surface area contributed by atoms with E-state index in [0.717, 1.165) is 21.9 Å². The summed E-state index contributed by atoms with van der Waals surface area (Å²) in [6.45, 7) is 4.03. The summed E-state index contributed by atoms with van der Waals surface area (Å²) in [6.07, 6.45) is 1.82. The summed E-state index contributed by atoms with van der Waals surface area (Å²) in [5, 5.41) is 3.90. The lowest BCUT2D eigenvalue weighted by atomic mass is 10.1. The fraction of sp³-hybridized carbons (Fsp3) is 0.267. The van der Waals surface area contributed by atoms with Crippen molar-refractivity contribution >= 4 is 11.6 Å². The lowest BCUT2D eigenvalue weighted by Crippen LogP contribution is -2.12. The highest BCUT2D eigenvalue weighted by molar-refractivity contribution is 6.31. The highest BCUT2D eigenvalue weighted by atomic mass is 35.5. The van der Waals surface area contributed by atoms with Crippen LogP contribution < -0.4 is 10.1 Å². The van der Waals surface area contributed by atoms with Gasteiger partial charge in [-0.15, -0.1) is 0 Å². The second-order valence-corrected chi connectivity index (χ2v) is 4.86. The molecule has 1 aromatic carbocycles. The van der Waals surface area contributed by atoms with Gasteiger partial charge in [-0.25, -0.2) is 4.98 Å². The molecule has 0 bridgehead atoms. The molecule has 4 heteroatoms. The smallest absolute Gasteiger partial charge is 0.219 e. The normalized spacial score (nSPS) is 12.2. The fourth-order valence-corrected chi connectivity index (χ4v) is 1.79. The number of hydrogen-bond donors (Lipinski definition) is 1. The molecule has 0 saturated carbocycles. The highest BCUT2D eigenvalue weighted by Crippen LogP contribution is 2.25. The molecule has 1 atom stereocenters. The Hall–Kier alpha value is -1.58. The molecule has 2 aromatic rings. The van der Waals surface area contributed by atoms with Crippen molar-refractivity contribution in [2.75, 3.05) is 7.05 Å². The van der Waals surface area contributed by atoms with E-state index < -0.39 is 0 Å². The lowest BCUT2D eigenvalue weighted by Gasteiger charge is -2.11. The van der Waals surface area contributed by atoms with E-state index in [4.69, 9.17) is 16.3 Å². The molecule has 19 heavy (non-hydrogen) atoms. The van der Waals surface area contributed by atoms with Gasteiger partial charge in [0.15, 0.2) is 0 Å². The van der Waals surface area contributed by atoms with Crippen molar-refractivity contribution in [2.24, 2.45) is 0 Å². The molecule has 0 radical (unpaired) electrons. The van der Waals surface area contributed by atoms with E-state index in [1.165, 1.54) is 0 Å². The summed E-state index contributed by atoms with van der Waals surface area (Å²) in [4.78, 5) is 4.30. The first-order valence-corrected chi connectivity index (χ1v) is 6.55. The van der Waals surface area contributed by atoms with Crippen LogP contribution in [0.2, 0.25) is 5.02 Å². The van der Waals surface area contributed by atoms with Crippen LogP contribution in [-0.4, -0.2) is 12.0 Å². The average molecular weight is 277 g/mol. The molecule has 3 nitrogen and oxygen atoms in total. The number of halogens is 1. The summed E-state index contributed by atoms with van der Waals surface area (Å²) >= 11 is 5.98. The minimum atomic E-state index is 0.277. The molecule has 0 aliphatic carbocycles. The zero-order valence-corrected chi connectivity index (χ0v) is 12.0. The SMILES string of the molecule is CNC(C)c1ccc(Oc2ccc(Cl)c(C)c2)nc1. The Morgan fingerprint density at radius 2 is 2.05 bits per heavy atom. The molecular weight excluding hydrogens is 260 g/mol. The monoisotopic (exact) mass is 276 g/mol. The second-order valence-electron chi connectivity index (χ2n) is 4.45. The summed E-state index contributed by atoms with van der Waals surface area (Å²) in [5.74, 6) is 1.32. The van der Waals surface area contributed by atoms with Gasteiger partial charge in [-0.2, -0.15) is 0 Å². The van der Waals surface area contributed by atoms with Crippen molar-refractivity contribution in [3.8, 4) is 11.6 Å².